The number of quaternary nitrogens is 1. The molecule has 11 heteroatoms. The number of fused-ring (bicyclic) bond motifs is 2. The first-order valence-electron chi connectivity index (χ1n) is 10.9. The Morgan fingerprint density at radius 1 is 0.686 bits per heavy atom. The van der Waals surface area contributed by atoms with E-state index in [2.05, 4.69) is 5.32 Å². The number of carbonyl (C=O) groups is 6. The van der Waals surface area contributed by atoms with Crippen LogP contribution in [0.15, 0.2) is 48.5 Å². The van der Waals surface area contributed by atoms with E-state index < -0.39 is 11.9 Å². The van der Waals surface area contributed by atoms with E-state index in [0.29, 0.717) is 48.2 Å². The number of rotatable bonds is 8. The Labute approximate surface area is 199 Å². The van der Waals surface area contributed by atoms with Crippen LogP contribution in [0.1, 0.15) is 54.3 Å². The van der Waals surface area contributed by atoms with Crippen molar-refractivity contribution in [2.45, 2.75) is 12.8 Å². The largest absolute Gasteiger partial charge is 0.539 e. The number of aliphatic carboxylic acids is 2. The quantitative estimate of drug-likeness (QED) is 0.268. The molecule has 2 aliphatic rings. The second-order valence-electron chi connectivity index (χ2n) is 7.78. The number of carboxylic acids is 2. The normalized spacial score (nSPS) is 13.9. The molecule has 3 N–H and O–H groups in total. The van der Waals surface area contributed by atoms with Gasteiger partial charge in [-0.25, -0.2) is 4.79 Å². The first kappa shape index (κ1) is 25.2. The molecule has 4 rings (SSSR count). The van der Waals surface area contributed by atoms with E-state index in [0.717, 1.165) is 13.1 Å². The highest BCUT2D eigenvalue weighted by molar-refractivity contribution is 6.26. The standard InChI is InChI=1S/C22H21N3O4.C2H2O4/c26-19-15-7-1-2-8-16(15)20(27)24(19)13-5-11-23-12-6-14-25-21(28)17-9-3-4-10-18(17)22(25)29;3-1(4)2(5)6/h1-4,7-10,23H,5-6,11-14H2;(H,3,4)(H,5,6). The van der Waals surface area contributed by atoms with Crippen molar-refractivity contribution in [1.29, 1.82) is 0 Å². The summed E-state index contributed by atoms with van der Waals surface area (Å²) in [7, 11) is 0. The predicted molar refractivity (Wildman–Crippen MR) is 117 cm³/mol. The second kappa shape index (κ2) is 11.2. The van der Waals surface area contributed by atoms with Crippen LogP contribution in [0, 0.1) is 0 Å². The number of benzene rings is 2. The van der Waals surface area contributed by atoms with Gasteiger partial charge in [0.25, 0.3) is 23.6 Å². The molecule has 0 aliphatic carbocycles. The summed E-state index contributed by atoms with van der Waals surface area (Å²) in [5.41, 5.74) is 1.90. The van der Waals surface area contributed by atoms with Crippen molar-refractivity contribution in [3.63, 3.8) is 0 Å². The van der Waals surface area contributed by atoms with Gasteiger partial charge in [-0.15, -0.1) is 0 Å². The topological polar surface area (TPSA) is 169 Å². The molecule has 0 spiro atoms. The Kier molecular flexibility index (Phi) is 8.05. The van der Waals surface area contributed by atoms with Crippen LogP contribution < -0.4 is 10.4 Å². The molecule has 0 saturated carbocycles. The molecule has 11 nitrogen and oxygen atoms in total. The zero-order valence-electron chi connectivity index (χ0n) is 18.6. The van der Waals surface area contributed by atoms with Gasteiger partial charge >= 0.3 is 5.97 Å². The Hall–Kier alpha value is -4.38. The maximum Gasteiger partial charge on any atom is 0.351 e. The average molecular weight is 481 g/mol. The minimum atomic E-state index is -2.07. The fourth-order valence-electron chi connectivity index (χ4n) is 3.82. The van der Waals surface area contributed by atoms with Gasteiger partial charge in [0.1, 0.15) is 0 Å². The number of nitrogens with two attached hydrogens (primary N) is 1. The molecule has 2 aromatic rings. The highest BCUT2D eigenvalue weighted by Gasteiger charge is 2.35. The van der Waals surface area contributed by atoms with Gasteiger partial charge in [0.15, 0.2) is 5.97 Å². The molecule has 2 heterocycles. The summed E-state index contributed by atoms with van der Waals surface area (Å²) in [4.78, 5) is 69.8. The molecule has 0 unspecified atom stereocenters. The smallest absolute Gasteiger partial charge is 0.351 e. The van der Waals surface area contributed by atoms with Crippen LogP contribution in [0.25, 0.3) is 0 Å². The van der Waals surface area contributed by atoms with Gasteiger partial charge in [0, 0.05) is 25.9 Å². The van der Waals surface area contributed by atoms with Crippen LogP contribution in [0.3, 0.4) is 0 Å². The predicted octanol–water partition coefficient (Wildman–Crippen LogP) is -1.26. The van der Waals surface area contributed by atoms with E-state index in [-0.39, 0.29) is 23.6 Å². The van der Waals surface area contributed by atoms with E-state index in [9.17, 15) is 19.2 Å². The molecule has 2 aliphatic heterocycles. The van der Waals surface area contributed by atoms with Crippen molar-refractivity contribution >= 4 is 35.6 Å². The zero-order chi connectivity index (χ0) is 25.5. The van der Waals surface area contributed by atoms with E-state index in [1.807, 2.05) is 0 Å². The van der Waals surface area contributed by atoms with Gasteiger partial charge in [-0.2, -0.15) is 0 Å². The molecule has 0 radical (unpaired) electrons. The van der Waals surface area contributed by atoms with Gasteiger partial charge in [-0.05, 0) is 24.3 Å². The van der Waals surface area contributed by atoms with Crippen LogP contribution >= 0.6 is 0 Å². The maximum absolute atomic E-state index is 12.3. The molecule has 0 aromatic heterocycles. The average Bonchev–Trinajstić information content (AvgIpc) is 3.24. The maximum atomic E-state index is 12.3. The summed E-state index contributed by atoms with van der Waals surface area (Å²) in [5.74, 6) is -4.91. The lowest BCUT2D eigenvalue weighted by Crippen LogP contribution is -2.84. The molecular formula is C24H23N3O8. The summed E-state index contributed by atoms with van der Waals surface area (Å²) >= 11 is 0. The Morgan fingerprint density at radius 2 is 0.971 bits per heavy atom. The number of carboxylic acid groups (broad SMARTS) is 2. The molecule has 2 aromatic carbocycles. The number of carbonyl (C=O) groups excluding carboxylic acids is 5. The summed E-state index contributed by atoms with van der Waals surface area (Å²) in [5, 5.41) is 18.4. The first-order valence-corrected chi connectivity index (χ1v) is 10.9. The summed E-state index contributed by atoms with van der Waals surface area (Å²) in [6, 6.07) is 13.8. The van der Waals surface area contributed by atoms with Crippen LogP contribution in [0.4, 0.5) is 0 Å². The molecule has 0 saturated heterocycles. The van der Waals surface area contributed by atoms with Gasteiger partial charge in [-0.3, -0.25) is 29.0 Å². The molecule has 0 bridgehead atoms. The van der Waals surface area contributed by atoms with Crippen molar-refractivity contribution in [1.82, 2.24) is 9.80 Å². The summed E-state index contributed by atoms with van der Waals surface area (Å²) in [6.07, 6.45) is 1.39. The van der Waals surface area contributed by atoms with Crippen molar-refractivity contribution in [3.05, 3.63) is 70.8 Å². The van der Waals surface area contributed by atoms with E-state index >= 15 is 0 Å². The van der Waals surface area contributed by atoms with E-state index in [1.54, 1.807) is 48.5 Å². The SMILES string of the molecule is O=C([O-])C(=O)O.O=C1c2ccccc2C(=O)N1CCC[NH2+]CCCN1C(=O)c2ccccc2C1=O. The monoisotopic (exact) mass is 481 g/mol. The number of amides is 4. The highest BCUT2D eigenvalue weighted by Crippen LogP contribution is 2.23. The molecule has 0 fully saturated rings. The lowest BCUT2D eigenvalue weighted by atomic mass is 10.1. The lowest BCUT2D eigenvalue weighted by molar-refractivity contribution is -0.655. The van der Waals surface area contributed by atoms with Crippen molar-refractivity contribution in [2.24, 2.45) is 0 Å². The van der Waals surface area contributed by atoms with Crippen LogP contribution in [-0.2, 0) is 9.59 Å². The molecule has 35 heavy (non-hydrogen) atoms. The fourth-order valence-corrected chi connectivity index (χ4v) is 3.82. The molecule has 182 valence electrons. The third-order valence-electron chi connectivity index (χ3n) is 5.51. The second-order valence-corrected chi connectivity index (χ2v) is 7.78. The number of imide groups is 2. The summed E-state index contributed by atoms with van der Waals surface area (Å²) < 4.78 is 0. The Morgan fingerprint density at radius 3 is 1.23 bits per heavy atom. The third kappa shape index (κ3) is 5.58. The van der Waals surface area contributed by atoms with Crippen molar-refractivity contribution in [3.8, 4) is 0 Å². The summed E-state index contributed by atoms with van der Waals surface area (Å²) in [6.45, 7) is 2.30. The van der Waals surface area contributed by atoms with Gasteiger partial charge in [0.2, 0.25) is 0 Å². The van der Waals surface area contributed by atoms with Crippen LogP contribution in [0.5, 0.6) is 0 Å². The molecular weight excluding hydrogens is 458 g/mol. The van der Waals surface area contributed by atoms with Gasteiger partial charge in [-0.1, -0.05) is 24.3 Å². The minimum absolute atomic E-state index is 0.226. The van der Waals surface area contributed by atoms with Gasteiger partial charge in [0.05, 0.1) is 35.3 Å². The molecule has 4 amide bonds. The number of nitrogens with zero attached hydrogens (tertiary/aromatic N) is 2. The van der Waals surface area contributed by atoms with E-state index in [1.165, 1.54) is 9.80 Å². The van der Waals surface area contributed by atoms with E-state index in [4.69, 9.17) is 19.8 Å². The van der Waals surface area contributed by atoms with Crippen LogP contribution in [-0.4, -0.2) is 76.7 Å². The fraction of sp³-hybridized carbons (Fsp3) is 0.250. The Balaban J connectivity index is 0.000000509. The van der Waals surface area contributed by atoms with Crippen LogP contribution in [0.2, 0.25) is 0 Å². The Bertz CT molecular complexity index is 1030. The number of hydrogen-bond acceptors (Lipinski definition) is 7. The zero-order valence-corrected chi connectivity index (χ0v) is 18.6. The third-order valence-corrected chi connectivity index (χ3v) is 5.51. The highest BCUT2D eigenvalue weighted by atomic mass is 16.4. The van der Waals surface area contributed by atoms with Crippen molar-refractivity contribution in [2.75, 3.05) is 26.2 Å². The van der Waals surface area contributed by atoms with Gasteiger partial charge < -0.3 is 20.3 Å². The lowest BCUT2D eigenvalue weighted by Gasteiger charge is -2.14. The number of hydrogen-bond donors (Lipinski definition) is 2. The molecule has 0 atom stereocenters. The first-order chi connectivity index (χ1) is 16.7. The minimum Gasteiger partial charge on any atom is -0.539 e. The van der Waals surface area contributed by atoms with Crippen molar-refractivity contribution < 1.29 is 44.3 Å².